The van der Waals surface area contributed by atoms with E-state index in [1.807, 2.05) is 13.8 Å². The second-order valence-electron chi connectivity index (χ2n) is 5.42. The van der Waals surface area contributed by atoms with Gasteiger partial charge in [-0.2, -0.15) is 0 Å². The van der Waals surface area contributed by atoms with Crippen molar-refractivity contribution < 1.29 is 23.8 Å². The number of hydrogen-bond donors (Lipinski definition) is 2. The van der Waals surface area contributed by atoms with Crippen LogP contribution in [0, 0.1) is 0 Å². The van der Waals surface area contributed by atoms with Gasteiger partial charge in [-0.05, 0) is 32.0 Å². The molecule has 7 heteroatoms. The van der Waals surface area contributed by atoms with Gasteiger partial charge in [-0.15, -0.1) is 0 Å². The maximum absolute atomic E-state index is 12.3. The average Bonchev–Trinajstić information content (AvgIpc) is 2.56. The molecule has 1 aromatic rings. The Bertz CT molecular complexity index is 568. The molecule has 0 saturated carbocycles. The maximum atomic E-state index is 12.3. The van der Waals surface area contributed by atoms with Crippen molar-refractivity contribution >= 4 is 17.6 Å². The molecule has 1 heterocycles. The summed E-state index contributed by atoms with van der Waals surface area (Å²) in [5, 5.41) is 5.86. The number of morpholine rings is 1. The molecular weight excluding hydrogens is 300 g/mol. The van der Waals surface area contributed by atoms with Crippen molar-refractivity contribution in [1.82, 2.24) is 5.32 Å². The number of esters is 1. The average molecular weight is 322 g/mol. The topological polar surface area (TPSA) is 85.9 Å². The molecule has 1 amide bonds. The molecule has 23 heavy (non-hydrogen) atoms. The van der Waals surface area contributed by atoms with Crippen molar-refractivity contribution in [2.24, 2.45) is 0 Å². The predicted octanol–water partition coefficient (Wildman–Crippen LogP) is 1.19. The number of nitrogens with one attached hydrogen (secondary N) is 2. The van der Waals surface area contributed by atoms with E-state index in [-0.39, 0.29) is 12.0 Å². The van der Waals surface area contributed by atoms with E-state index in [4.69, 9.17) is 14.2 Å². The SMILES string of the molecule is COC(=O)c1ccc(OC(C)C)c(NC(=O)C2CNCCO2)c1. The Morgan fingerprint density at radius 2 is 2.17 bits per heavy atom. The van der Waals surface area contributed by atoms with E-state index in [1.165, 1.54) is 13.2 Å². The summed E-state index contributed by atoms with van der Waals surface area (Å²) in [4.78, 5) is 24.0. The third-order valence-corrected chi connectivity index (χ3v) is 3.24. The van der Waals surface area contributed by atoms with Crippen molar-refractivity contribution in [3.8, 4) is 5.75 Å². The highest BCUT2D eigenvalue weighted by Gasteiger charge is 2.23. The molecule has 0 aromatic heterocycles. The maximum Gasteiger partial charge on any atom is 0.337 e. The molecule has 1 aromatic carbocycles. The minimum absolute atomic E-state index is 0.0674. The summed E-state index contributed by atoms with van der Waals surface area (Å²) in [5.74, 6) is -0.273. The van der Waals surface area contributed by atoms with Crippen LogP contribution < -0.4 is 15.4 Å². The molecule has 1 fully saturated rings. The molecule has 1 unspecified atom stereocenters. The van der Waals surface area contributed by atoms with Gasteiger partial charge in [0.1, 0.15) is 11.9 Å². The van der Waals surface area contributed by atoms with Gasteiger partial charge < -0.3 is 24.8 Å². The zero-order valence-electron chi connectivity index (χ0n) is 13.5. The Labute approximate surface area is 135 Å². The summed E-state index contributed by atoms with van der Waals surface area (Å²) in [6, 6.07) is 4.78. The van der Waals surface area contributed by atoms with E-state index in [9.17, 15) is 9.59 Å². The zero-order chi connectivity index (χ0) is 16.8. The minimum Gasteiger partial charge on any atom is -0.489 e. The lowest BCUT2D eigenvalue weighted by molar-refractivity contribution is -0.128. The molecule has 0 aliphatic carbocycles. The molecule has 126 valence electrons. The number of ether oxygens (including phenoxy) is 3. The van der Waals surface area contributed by atoms with Crippen LogP contribution in [0.15, 0.2) is 18.2 Å². The minimum atomic E-state index is -0.572. The fourth-order valence-electron chi connectivity index (χ4n) is 2.18. The molecule has 0 bridgehead atoms. The third-order valence-electron chi connectivity index (χ3n) is 3.24. The van der Waals surface area contributed by atoms with Crippen LogP contribution in [0.25, 0.3) is 0 Å². The summed E-state index contributed by atoms with van der Waals surface area (Å²) in [5.41, 5.74) is 0.752. The zero-order valence-corrected chi connectivity index (χ0v) is 13.5. The molecule has 1 aliphatic rings. The highest BCUT2D eigenvalue weighted by atomic mass is 16.5. The van der Waals surface area contributed by atoms with Crippen molar-refractivity contribution in [2.75, 3.05) is 32.1 Å². The van der Waals surface area contributed by atoms with Crippen LogP contribution in [0.2, 0.25) is 0 Å². The smallest absolute Gasteiger partial charge is 0.337 e. The van der Waals surface area contributed by atoms with Crippen LogP contribution in [0.1, 0.15) is 24.2 Å². The summed E-state index contributed by atoms with van der Waals surface area (Å²) >= 11 is 0. The lowest BCUT2D eigenvalue weighted by Gasteiger charge is -2.23. The van der Waals surface area contributed by atoms with Gasteiger partial charge in [-0.1, -0.05) is 0 Å². The van der Waals surface area contributed by atoms with Gasteiger partial charge in [0.2, 0.25) is 0 Å². The largest absolute Gasteiger partial charge is 0.489 e. The Kier molecular flexibility index (Phi) is 5.95. The van der Waals surface area contributed by atoms with Crippen LogP contribution in [-0.2, 0) is 14.3 Å². The molecular formula is C16H22N2O5. The Morgan fingerprint density at radius 1 is 1.39 bits per heavy atom. The van der Waals surface area contributed by atoms with Crippen LogP contribution in [0.5, 0.6) is 5.75 Å². The lowest BCUT2D eigenvalue weighted by atomic mass is 10.1. The van der Waals surface area contributed by atoms with E-state index < -0.39 is 12.1 Å². The van der Waals surface area contributed by atoms with Crippen LogP contribution in [-0.4, -0.2) is 50.9 Å². The number of rotatable bonds is 5. The van der Waals surface area contributed by atoms with Crippen molar-refractivity contribution in [3.63, 3.8) is 0 Å². The highest BCUT2D eigenvalue weighted by molar-refractivity contribution is 5.98. The van der Waals surface area contributed by atoms with Crippen LogP contribution in [0.4, 0.5) is 5.69 Å². The first kappa shape index (κ1) is 17.2. The summed E-state index contributed by atoms with van der Waals surface area (Å²) in [6.45, 7) is 5.42. The number of amides is 1. The molecule has 1 aliphatic heterocycles. The van der Waals surface area contributed by atoms with Gasteiger partial charge in [0.15, 0.2) is 0 Å². The van der Waals surface area contributed by atoms with E-state index in [2.05, 4.69) is 10.6 Å². The molecule has 0 spiro atoms. The normalized spacial score (nSPS) is 17.7. The monoisotopic (exact) mass is 322 g/mol. The van der Waals surface area contributed by atoms with E-state index in [0.717, 1.165) is 6.54 Å². The van der Waals surface area contributed by atoms with Crippen LogP contribution >= 0.6 is 0 Å². The van der Waals surface area contributed by atoms with Crippen LogP contribution in [0.3, 0.4) is 0 Å². The Hall–Kier alpha value is -2.12. The summed E-state index contributed by atoms with van der Waals surface area (Å²) in [7, 11) is 1.31. The first-order valence-corrected chi connectivity index (χ1v) is 7.53. The van der Waals surface area contributed by atoms with Gasteiger partial charge >= 0.3 is 5.97 Å². The number of methoxy groups -OCH3 is 1. The van der Waals surface area contributed by atoms with Gasteiger partial charge in [0.05, 0.1) is 31.1 Å². The quantitative estimate of drug-likeness (QED) is 0.792. The molecule has 2 rings (SSSR count). The second-order valence-corrected chi connectivity index (χ2v) is 5.42. The molecule has 2 N–H and O–H groups in total. The first-order valence-electron chi connectivity index (χ1n) is 7.53. The first-order chi connectivity index (χ1) is 11.0. The number of carbonyl (C=O) groups excluding carboxylic acids is 2. The Morgan fingerprint density at radius 3 is 2.78 bits per heavy atom. The van der Waals surface area contributed by atoms with Gasteiger partial charge in [-0.3, -0.25) is 4.79 Å². The van der Waals surface area contributed by atoms with Gasteiger partial charge in [0, 0.05) is 13.1 Å². The van der Waals surface area contributed by atoms with Gasteiger partial charge in [-0.25, -0.2) is 4.79 Å². The summed E-state index contributed by atoms with van der Waals surface area (Å²) < 4.78 is 15.8. The number of carbonyl (C=O) groups is 2. The molecule has 7 nitrogen and oxygen atoms in total. The molecule has 1 saturated heterocycles. The highest BCUT2D eigenvalue weighted by Crippen LogP contribution is 2.27. The van der Waals surface area contributed by atoms with Crippen molar-refractivity contribution in [2.45, 2.75) is 26.1 Å². The Balaban J connectivity index is 2.21. The predicted molar refractivity (Wildman–Crippen MR) is 84.8 cm³/mol. The fraction of sp³-hybridized carbons (Fsp3) is 0.500. The molecule has 0 radical (unpaired) electrons. The van der Waals surface area contributed by atoms with Crippen molar-refractivity contribution in [1.29, 1.82) is 0 Å². The van der Waals surface area contributed by atoms with E-state index in [1.54, 1.807) is 12.1 Å². The lowest BCUT2D eigenvalue weighted by Crippen LogP contribution is -2.45. The number of benzene rings is 1. The van der Waals surface area contributed by atoms with Gasteiger partial charge in [0.25, 0.3) is 5.91 Å². The standard InChI is InChI=1S/C16H22N2O5/c1-10(2)23-13-5-4-11(16(20)21-3)8-12(13)18-15(19)14-9-17-6-7-22-14/h4-5,8,10,14,17H,6-7,9H2,1-3H3,(H,18,19). The summed E-state index contributed by atoms with van der Waals surface area (Å²) in [6.07, 6.45) is -0.639. The third kappa shape index (κ3) is 4.67. The van der Waals surface area contributed by atoms with E-state index in [0.29, 0.717) is 30.2 Å². The van der Waals surface area contributed by atoms with E-state index >= 15 is 0 Å². The fourth-order valence-corrected chi connectivity index (χ4v) is 2.18. The number of anilines is 1. The number of hydrogen-bond acceptors (Lipinski definition) is 6. The second kappa shape index (κ2) is 7.94. The molecule has 1 atom stereocenters. The van der Waals surface area contributed by atoms with Crippen molar-refractivity contribution in [3.05, 3.63) is 23.8 Å².